The number of likely N-dealkylation sites (tertiary alicyclic amines) is 1. The molecule has 1 aliphatic rings. The summed E-state index contributed by atoms with van der Waals surface area (Å²) in [5.41, 5.74) is 3.57. The molecular formula is C26H31N3O2. The fraction of sp³-hybridized carbons (Fsp3) is 0.385. The zero-order chi connectivity index (χ0) is 21.6. The highest BCUT2D eigenvalue weighted by Gasteiger charge is 2.19. The van der Waals surface area contributed by atoms with Gasteiger partial charge < -0.3 is 9.64 Å². The maximum Gasteiger partial charge on any atom is 0.270 e. The van der Waals surface area contributed by atoms with E-state index in [1.807, 2.05) is 60.7 Å². The SMILES string of the molecule is C[C@@H]1CCCN1CCCOc1ccc(-c2cc(Cc3ccccc3)c(=O)n(C)n2)cc1. The predicted molar refractivity (Wildman–Crippen MR) is 125 cm³/mol. The molecule has 0 amide bonds. The minimum absolute atomic E-state index is 0.0557. The van der Waals surface area contributed by atoms with E-state index in [0.717, 1.165) is 47.7 Å². The van der Waals surface area contributed by atoms with Crippen LogP contribution in [0.15, 0.2) is 65.5 Å². The van der Waals surface area contributed by atoms with Crippen LogP contribution in [0.2, 0.25) is 0 Å². The lowest BCUT2D eigenvalue weighted by molar-refractivity contribution is 0.230. The standard InChI is InChI=1S/C26H31N3O2/c1-20-8-6-15-29(20)16-7-17-31-24-13-11-22(12-14-24)25-19-23(26(30)28(2)27-25)18-21-9-4-3-5-10-21/h3-5,9-14,19-20H,6-8,15-18H2,1-2H3/t20-/m1/s1. The quantitative estimate of drug-likeness (QED) is 0.513. The third-order valence-electron chi connectivity index (χ3n) is 6.07. The summed E-state index contributed by atoms with van der Waals surface area (Å²) < 4.78 is 7.36. The Morgan fingerprint density at radius 2 is 1.87 bits per heavy atom. The number of hydrogen-bond donors (Lipinski definition) is 0. The Morgan fingerprint density at radius 3 is 2.58 bits per heavy atom. The first-order valence-corrected chi connectivity index (χ1v) is 11.2. The molecule has 0 N–H and O–H groups in total. The molecule has 2 heterocycles. The Hall–Kier alpha value is -2.92. The van der Waals surface area contributed by atoms with E-state index in [9.17, 15) is 4.79 Å². The van der Waals surface area contributed by atoms with Gasteiger partial charge in [0.2, 0.25) is 0 Å². The van der Waals surface area contributed by atoms with Gasteiger partial charge in [0, 0.05) is 37.2 Å². The molecule has 1 aliphatic heterocycles. The largest absolute Gasteiger partial charge is 0.494 e. The number of hydrogen-bond acceptors (Lipinski definition) is 4. The minimum Gasteiger partial charge on any atom is -0.494 e. The fourth-order valence-electron chi connectivity index (χ4n) is 4.26. The summed E-state index contributed by atoms with van der Waals surface area (Å²) >= 11 is 0. The summed E-state index contributed by atoms with van der Waals surface area (Å²) in [5.74, 6) is 0.868. The summed E-state index contributed by atoms with van der Waals surface area (Å²) in [4.78, 5) is 15.1. The van der Waals surface area contributed by atoms with Gasteiger partial charge in [-0.2, -0.15) is 5.10 Å². The predicted octanol–water partition coefficient (Wildman–Crippen LogP) is 4.29. The van der Waals surface area contributed by atoms with E-state index in [0.29, 0.717) is 12.5 Å². The highest BCUT2D eigenvalue weighted by atomic mass is 16.5. The van der Waals surface area contributed by atoms with Crippen LogP contribution in [0.4, 0.5) is 0 Å². The lowest BCUT2D eigenvalue weighted by Gasteiger charge is -2.20. The van der Waals surface area contributed by atoms with Gasteiger partial charge in [0.15, 0.2) is 0 Å². The number of aromatic nitrogens is 2. The van der Waals surface area contributed by atoms with E-state index < -0.39 is 0 Å². The Morgan fingerprint density at radius 1 is 1.10 bits per heavy atom. The van der Waals surface area contributed by atoms with Crippen molar-refractivity contribution >= 4 is 0 Å². The number of rotatable bonds is 8. The van der Waals surface area contributed by atoms with E-state index >= 15 is 0 Å². The maximum absolute atomic E-state index is 12.6. The van der Waals surface area contributed by atoms with Crippen molar-refractivity contribution in [3.8, 4) is 17.0 Å². The number of nitrogens with zero attached hydrogens (tertiary/aromatic N) is 3. The summed E-state index contributed by atoms with van der Waals surface area (Å²) in [5, 5.41) is 4.46. The molecule has 5 heteroatoms. The van der Waals surface area contributed by atoms with Gasteiger partial charge in [-0.05, 0) is 68.6 Å². The third kappa shape index (κ3) is 5.42. The molecule has 0 saturated carbocycles. The smallest absolute Gasteiger partial charge is 0.270 e. The normalized spacial score (nSPS) is 16.5. The molecule has 162 valence electrons. The van der Waals surface area contributed by atoms with Crippen molar-refractivity contribution in [1.82, 2.24) is 14.7 Å². The second kappa shape index (κ2) is 9.92. The molecule has 1 aromatic heterocycles. The molecule has 1 atom stereocenters. The molecular weight excluding hydrogens is 386 g/mol. The molecule has 0 spiro atoms. The van der Waals surface area contributed by atoms with Crippen LogP contribution in [-0.2, 0) is 13.5 Å². The van der Waals surface area contributed by atoms with Crippen LogP contribution in [0.25, 0.3) is 11.3 Å². The maximum atomic E-state index is 12.6. The van der Waals surface area contributed by atoms with E-state index in [4.69, 9.17) is 4.74 Å². The fourth-order valence-corrected chi connectivity index (χ4v) is 4.26. The van der Waals surface area contributed by atoms with Crippen molar-refractivity contribution in [2.75, 3.05) is 19.7 Å². The van der Waals surface area contributed by atoms with Crippen LogP contribution in [0.3, 0.4) is 0 Å². The average Bonchev–Trinajstić information content (AvgIpc) is 3.20. The van der Waals surface area contributed by atoms with Gasteiger partial charge in [0.05, 0.1) is 12.3 Å². The topological polar surface area (TPSA) is 47.4 Å². The van der Waals surface area contributed by atoms with Gasteiger partial charge in [0.25, 0.3) is 5.56 Å². The molecule has 0 aliphatic carbocycles. The summed E-state index contributed by atoms with van der Waals surface area (Å²) in [7, 11) is 1.71. The zero-order valence-electron chi connectivity index (χ0n) is 18.5. The molecule has 0 bridgehead atoms. The molecule has 0 radical (unpaired) electrons. The van der Waals surface area contributed by atoms with Gasteiger partial charge in [-0.1, -0.05) is 30.3 Å². The molecule has 1 saturated heterocycles. The summed E-state index contributed by atoms with van der Waals surface area (Å²) in [6.45, 7) is 5.35. The molecule has 1 fully saturated rings. The Kier molecular flexibility index (Phi) is 6.82. The third-order valence-corrected chi connectivity index (χ3v) is 6.07. The van der Waals surface area contributed by atoms with E-state index in [1.165, 1.54) is 24.1 Å². The first kappa shape index (κ1) is 21.3. The number of aryl methyl sites for hydroxylation is 1. The Labute approximate surface area is 184 Å². The van der Waals surface area contributed by atoms with E-state index in [2.05, 4.69) is 16.9 Å². The second-order valence-electron chi connectivity index (χ2n) is 8.40. The summed E-state index contributed by atoms with van der Waals surface area (Å²) in [6.07, 6.45) is 4.27. The molecule has 0 unspecified atom stereocenters. The van der Waals surface area contributed by atoms with Crippen molar-refractivity contribution in [2.45, 2.75) is 38.6 Å². The van der Waals surface area contributed by atoms with Gasteiger partial charge in [0.1, 0.15) is 5.75 Å². The lowest BCUT2D eigenvalue weighted by atomic mass is 10.0. The van der Waals surface area contributed by atoms with Crippen molar-refractivity contribution in [3.05, 3.63) is 82.1 Å². The minimum atomic E-state index is -0.0557. The lowest BCUT2D eigenvalue weighted by Crippen LogP contribution is -2.28. The number of benzene rings is 2. The number of ether oxygens (including phenoxy) is 1. The molecule has 31 heavy (non-hydrogen) atoms. The molecule has 2 aromatic carbocycles. The van der Waals surface area contributed by atoms with Gasteiger partial charge >= 0.3 is 0 Å². The molecule has 4 rings (SSSR count). The van der Waals surface area contributed by atoms with Crippen LogP contribution < -0.4 is 10.3 Å². The van der Waals surface area contributed by atoms with Gasteiger partial charge in [-0.3, -0.25) is 4.79 Å². The van der Waals surface area contributed by atoms with Crippen molar-refractivity contribution < 1.29 is 4.74 Å². The van der Waals surface area contributed by atoms with Crippen molar-refractivity contribution in [3.63, 3.8) is 0 Å². The second-order valence-corrected chi connectivity index (χ2v) is 8.40. The average molecular weight is 418 g/mol. The summed E-state index contributed by atoms with van der Waals surface area (Å²) in [6, 6.07) is 20.6. The van der Waals surface area contributed by atoms with Crippen LogP contribution in [-0.4, -0.2) is 40.4 Å². The van der Waals surface area contributed by atoms with Crippen molar-refractivity contribution in [1.29, 1.82) is 0 Å². The Bertz CT molecular complexity index is 1040. The van der Waals surface area contributed by atoms with Gasteiger partial charge in [-0.15, -0.1) is 0 Å². The zero-order valence-corrected chi connectivity index (χ0v) is 18.5. The van der Waals surface area contributed by atoms with Crippen LogP contribution >= 0.6 is 0 Å². The van der Waals surface area contributed by atoms with Crippen molar-refractivity contribution in [2.24, 2.45) is 7.05 Å². The van der Waals surface area contributed by atoms with E-state index in [-0.39, 0.29) is 5.56 Å². The van der Waals surface area contributed by atoms with Crippen LogP contribution in [0, 0.1) is 0 Å². The highest BCUT2D eigenvalue weighted by Crippen LogP contribution is 2.22. The van der Waals surface area contributed by atoms with Gasteiger partial charge in [-0.25, -0.2) is 4.68 Å². The first-order valence-electron chi connectivity index (χ1n) is 11.2. The van der Waals surface area contributed by atoms with Crippen LogP contribution in [0.5, 0.6) is 5.75 Å². The first-order chi connectivity index (χ1) is 15.1. The molecule has 3 aromatic rings. The highest BCUT2D eigenvalue weighted by molar-refractivity contribution is 5.60. The van der Waals surface area contributed by atoms with Crippen LogP contribution in [0.1, 0.15) is 37.3 Å². The van der Waals surface area contributed by atoms with E-state index in [1.54, 1.807) is 7.05 Å². The Balaban J connectivity index is 1.39. The molecule has 5 nitrogen and oxygen atoms in total. The monoisotopic (exact) mass is 417 g/mol.